The summed E-state index contributed by atoms with van der Waals surface area (Å²) in [4.78, 5) is 26.3. The fourth-order valence-electron chi connectivity index (χ4n) is 8.79. The summed E-state index contributed by atoms with van der Waals surface area (Å²) >= 11 is 0. The molecule has 0 fully saturated rings. The second-order valence-corrected chi connectivity index (χ2v) is 19.8. The molecule has 0 spiro atoms. The number of amides is 1. The van der Waals surface area contributed by atoms with Gasteiger partial charge in [0.1, 0.15) is 6.10 Å². The highest BCUT2D eigenvalue weighted by Crippen LogP contribution is 2.18. The van der Waals surface area contributed by atoms with Crippen molar-refractivity contribution in [1.82, 2.24) is 5.32 Å². The Morgan fingerprint density at radius 1 is 0.448 bits per heavy atom. The number of aliphatic hydroxyl groups excluding tert-OH is 2. The van der Waals surface area contributed by atoms with E-state index >= 15 is 0 Å². The molecule has 0 aliphatic rings. The molecule has 3 N–H and O–H groups in total. The number of hydrogen-bond donors (Lipinski definition) is 3. The Bertz CT molecular complexity index is 1190. The van der Waals surface area contributed by atoms with Crippen LogP contribution in [-0.4, -0.2) is 46.9 Å². The first-order valence-corrected chi connectivity index (χ1v) is 29.1. The largest absolute Gasteiger partial charge is 0.462 e. The predicted octanol–water partition coefficient (Wildman–Crippen LogP) is 18.0. The van der Waals surface area contributed by atoms with E-state index < -0.39 is 18.2 Å². The van der Waals surface area contributed by atoms with Crippen LogP contribution in [-0.2, 0) is 14.3 Å². The zero-order valence-corrected chi connectivity index (χ0v) is 44.5. The van der Waals surface area contributed by atoms with Crippen molar-refractivity contribution < 1.29 is 24.5 Å². The lowest BCUT2D eigenvalue weighted by molar-refractivity contribution is -0.151. The minimum Gasteiger partial charge on any atom is -0.462 e. The zero-order chi connectivity index (χ0) is 48.8. The van der Waals surface area contributed by atoms with Crippen molar-refractivity contribution in [3.8, 4) is 0 Å². The Kier molecular flexibility index (Phi) is 52.5. The molecule has 0 aromatic rings. The van der Waals surface area contributed by atoms with Crippen molar-refractivity contribution >= 4 is 11.9 Å². The Morgan fingerprint density at radius 3 is 1.28 bits per heavy atom. The molecule has 3 atom stereocenters. The molecule has 0 radical (unpaired) electrons. The molecule has 0 bridgehead atoms. The molecule has 0 aromatic heterocycles. The molecule has 0 aromatic carbocycles. The number of aliphatic hydroxyl groups is 2. The maximum Gasteiger partial charge on any atom is 0.306 e. The van der Waals surface area contributed by atoms with Crippen molar-refractivity contribution in [2.45, 2.75) is 309 Å². The average Bonchev–Trinajstić information content (AvgIpc) is 3.32. The molecule has 0 saturated carbocycles. The summed E-state index contributed by atoms with van der Waals surface area (Å²) in [6, 6.07) is -0.714. The highest BCUT2D eigenvalue weighted by molar-refractivity contribution is 5.77. The van der Waals surface area contributed by atoms with Crippen molar-refractivity contribution in [3.63, 3.8) is 0 Å². The van der Waals surface area contributed by atoms with Crippen LogP contribution < -0.4 is 5.32 Å². The minimum atomic E-state index is -0.798. The Labute approximate surface area is 416 Å². The number of allylic oxidation sites excluding steroid dienone is 10. The van der Waals surface area contributed by atoms with E-state index in [4.69, 9.17) is 4.74 Å². The monoisotopic (exact) mass is 938 g/mol. The Morgan fingerprint density at radius 2 is 0.821 bits per heavy atom. The predicted molar refractivity (Wildman–Crippen MR) is 292 cm³/mol. The van der Waals surface area contributed by atoms with Crippen molar-refractivity contribution in [3.05, 3.63) is 60.8 Å². The number of rotatable bonds is 52. The van der Waals surface area contributed by atoms with Crippen LogP contribution in [0, 0.1) is 0 Å². The van der Waals surface area contributed by atoms with Gasteiger partial charge in [-0.05, 0) is 70.6 Å². The van der Waals surface area contributed by atoms with Crippen molar-refractivity contribution in [2.75, 3.05) is 6.61 Å². The second kappa shape index (κ2) is 54.5. The maximum atomic E-state index is 13.3. The van der Waals surface area contributed by atoms with E-state index in [2.05, 4.69) is 68.6 Å². The average molecular weight is 939 g/mol. The Hall–Kier alpha value is -2.44. The van der Waals surface area contributed by atoms with Gasteiger partial charge < -0.3 is 20.3 Å². The molecule has 0 heterocycles. The number of unbranched alkanes of at least 4 members (excludes halogenated alkanes) is 33. The zero-order valence-electron chi connectivity index (χ0n) is 44.5. The van der Waals surface area contributed by atoms with Gasteiger partial charge in [-0.2, -0.15) is 0 Å². The summed E-state index contributed by atoms with van der Waals surface area (Å²) < 4.78 is 5.94. The molecule has 67 heavy (non-hydrogen) atoms. The molecule has 0 aliphatic carbocycles. The van der Waals surface area contributed by atoms with Gasteiger partial charge in [-0.3, -0.25) is 9.59 Å². The summed E-state index contributed by atoms with van der Waals surface area (Å²) in [6.45, 7) is 6.37. The van der Waals surface area contributed by atoms with Crippen LogP contribution in [0.25, 0.3) is 0 Å². The van der Waals surface area contributed by atoms with Gasteiger partial charge in [-0.15, -0.1) is 0 Å². The van der Waals surface area contributed by atoms with Gasteiger partial charge in [-0.25, -0.2) is 0 Å². The van der Waals surface area contributed by atoms with Crippen molar-refractivity contribution in [2.24, 2.45) is 0 Å². The van der Waals surface area contributed by atoms with E-state index in [9.17, 15) is 19.8 Å². The normalized spacial score (nSPS) is 13.6. The molecule has 0 aliphatic heterocycles. The lowest BCUT2D eigenvalue weighted by Gasteiger charge is -2.24. The SMILES string of the molecule is CC/C=C/C=C/C=C/C=C\CCCCCCCC(=O)OC(CCCCC/C=C/CCCCCCCCCCC)CC(=O)NC(CO)C(O)CCCCCCCCCCCCCCCCCCC. The first kappa shape index (κ1) is 64.6. The maximum absolute atomic E-state index is 13.3. The van der Waals surface area contributed by atoms with Crippen LogP contribution in [0.15, 0.2) is 60.8 Å². The van der Waals surface area contributed by atoms with E-state index in [0.717, 1.165) is 96.3 Å². The van der Waals surface area contributed by atoms with Gasteiger partial charge in [0.2, 0.25) is 5.91 Å². The van der Waals surface area contributed by atoms with E-state index in [1.165, 1.54) is 148 Å². The van der Waals surface area contributed by atoms with Gasteiger partial charge in [0.15, 0.2) is 0 Å². The van der Waals surface area contributed by atoms with Gasteiger partial charge in [-0.1, -0.05) is 268 Å². The van der Waals surface area contributed by atoms with Gasteiger partial charge in [0, 0.05) is 6.42 Å². The fraction of sp³-hybridized carbons (Fsp3) is 0.803. The van der Waals surface area contributed by atoms with Crippen LogP contribution in [0.5, 0.6) is 0 Å². The minimum absolute atomic E-state index is 0.0572. The number of esters is 1. The lowest BCUT2D eigenvalue weighted by Crippen LogP contribution is -2.46. The number of carbonyl (C=O) groups excluding carboxylic acids is 2. The summed E-state index contributed by atoms with van der Waals surface area (Å²) in [5.74, 6) is -0.508. The quantitative estimate of drug-likeness (QED) is 0.0244. The molecule has 0 rings (SSSR count). The number of nitrogens with one attached hydrogen (secondary N) is 1. The summed E-state index contributed by atoms with van der Waals surface area (Å²) in [7, 11) is 0. The third kappa shape index (κ3) is 49.8. The summed E-state index contributed by atoms with van der Waals surface area (Å²) in [5.41, 5.74) is 0. The van der Waals surface area contributed by atoms with Crippen LogP contribution in [0.4, 0.5) is 0 Å². The molecular weight excluding hydrogens is 827 g/mol. The van der Waals surface area contributed by atoms with Gasteiger partial charge in [0.25, 0.3) is 0 Å². The fourth-order valence-corrected chi connectivity index (χ4v) is 8.79. The number of hydrogen-bond acceptors (Lipinski definition) is 5. The van der Waals surface area contributed by atoms with E-state index in [-0.39, 0.29) is 24.9 Å². The van der Waals surface area contributed by atoms with Gasteiger partial charge in [0.05, 0.1) is 25.2 Å². The van der Waals surface area contributed by atoms with Crippen LogP contribution >= 0.6 is 0 Å². The third-order valence-electron chi connectivity index (χ3n) is 13.2. The highest BCUT2D eigenvalue weighted by atomic mass is 16.5. The van der Waals surface area contributed by atoms with E-state index in [1.807, 2.05) is 18.2 Å². The lowest BCUT2D eigenvalue weighted by atomic mass is 10.0. The van der Waals surface area contributed by atoms with Crippen molar-refractivity contribution in [1.29, 1.82) is 0 Å². The summed E-state index contributed by atoms with van der Waals surface area (Å²) in [5, 5.41) is 23.9. The highest BCUT2D eigenvalue weighted by Gasteiger charge is 2.24. The molecule has 6 heteroatoms. The molecule has 390 valence electrons. The number of carbonyl (C=O) groups is 2. The molecule has 0 saturated heterocycles. The molecule has 1 amide bonds. The summed E-state index contributed by atoms with van der Waals surface area (Å²) in [6.07, 6.45) is 68.6. The third-order valence-corrected chi connectivity index (χ3v) is 13.2. The smallest absolute Gasteiger partial charge is 0.306 e. The topological polar surface area (TPSA) is 95.9 Å². The van der Waals surface area contributed by atoms with E-state index in [0.29, 0.717) is 19.3 Å². The second-order valence-electron chi connectivity index (χ2n) is 19.8. The number of ether oxygens (including phenoxy) is 1. The van der Waals surface area contributed by atoms with Gasteiger partial charge >= 0.3 is 5.97 Å². The Balaban J connectivity index is 4.59. The first-order valence-electron chi connectivity index (χ1n) is 29.1. The molecular formula is C61H111NO5. The molecule has 6 nitrogen and oxygen atoms in total. The van der Waals surface area contributed by atoms with E-state index in [1.54, 1.807) is 0 Å². The van der Waals surface area contributed by atoms with Crippen LogP contribution in [0.2, 0.25) is 0 Å². The van der Waals surface area contributed by atoms with Crippen LogP contribution in [0.3, 0.4) is 0 Å². The standard InChI is InChI=1S/C61H111NO5/c1-4-7-10-13-16-19-22-25-28-30-33-35-38-41-44-47-50-53-59(64)58(56-63)62-60(65)55-57(52-49-46-43-40-37-34-32-29-26-23-20-17-14-11-8-5-2)67-61(66)54-51-48-45-42-39-36-31-27-24-21-18-15-12-9-6-3/h9,12,15,18,21,24,27,31,34,37,57-59,63-64H,4-8,10-11,13-14,16-17,19-20,22-23,25-26,28-30,32-33,35-36,38-56H2,1-3H3,(H,62,65)/b12-9+,18-15+,24-21+,31-27-,37-34+. The molecule has 3 unspecified atom stereocenters. The van der Waals surface area contributed by atoms with Crippen LogP contribution in [0.1, 0.15) is 290 Å². The first-order chi connectivity index (χ1) is 33.0.